The minimum Gasteiger partial charge on any atom is -0.507 e. The van der Waals surface area contributed by atoms with E-state index in [1.807, 2.05) is 12.1 Å². The molecule has 4 heteroatoms. The van der Waals surface area contributed by atoms with Crippen molar-refractivity contribution in [3.63, 3.8) is 0 Å². The second-order valence-electron chi connectivity index (χ2n) is 5.14. The van der Waals surface area contributed by atoms with Gasteiger partial charge in [-0.3, -0.25) is 0 Å². The van der Waals surface area contributed by atoms with Crippen molar-refractivity contribution in [1.29, 1.82) is 0 Å². The monoisotopic (exact) mass is 305 g/mol. The summed E-state index contributed by atoms with van der Waals surface area (Å²) in [5, 5.41) is 19.6. The lowest BCUT2D eigenvalue weighted by atomic mass is 9.90. The van der Waals surface area contributed by atoms with Gasteiger partial charge >= 0.3 is 5.97 Å². The van der Waals surface area contributed by atoms with Crippen LogP contribution < -0.4 is 5.73 Å². The summed E-state index contributed by atoms with van der Waals surface area (Å²) in [7, 11) is 0. The number of rotatable bonds is 3. The van der Waals surface area contributed by atoms with E-state index in [2.05, 4.69) is 0 Å². The molecule has 114 valence electrons. The van der Waals surface area contributed by atoms with E-state index in [1.165, 1.54) is 0 Å². The van der Waals surface area contributed by atoms with Gasteiger partial charge < -0.3 is 15.9 Å². The zero-order chi connectivity index (χ0) is 16.4. The Hall–Kier alpha value is -3.27. The number of aromatic hydroxyl groups is 1. The summed E-state index contributed by atoms with van der Waals surface area (Å²) in [6.45, 7) is 0. The molecule has 0 aromatic heterocycles. The van der Waals surface area contributed by atoms with Crippen LogP contribution in [0.5, 0.6) is 5.75 Å². The van der Waals surface area contributed by atoms with Crippen molar-refractivity contribution < 1.29 is 15.0 Å². The van der Waals surface area contributed by atoms with Crippen molar-refractivity contribution in [2.75, 3.05) is 5.73 Å². The molecule has 4 N–H and O–H groups in total. The summed E-state index contributed by atoms with van der Waals surface area (Å²) in [5.74, 6) is -0.903. The quantitative estimate of drug-likeness (QED) is 0.638. The molecule has 4 nitrogen and oxygen atoms in total. The molecule has 0 aliphatic rings. The zero-order valence-corrected chi connectivity index (χ0v) is 12.2. The predicted molar refractivity (Wildman–Crippen MR) is 90.4 cm³/mol. The Bertz CT molecular complexity index is 887. The number of anilines is 1. The summed E-state index contributed by atoms with van der Waals surface area (Å²) >= 11 is 0. The fourth-order valence-corrected chi connectivity index (χ4v) is 2.68. The standard InChI is InChI=1S/C19H15NO3/c20-16-10-5-9-13(12-6-3-4-11-17(12)21)18(16)14-7-1-2-8-15(14)19(22)23/h1-11,21H,20H2,(H,22,23). The number of hydrogen-bond donors (Lipinski definition) is 3. The lowest BCUT2D eigenvalue weighted by Crippen LogP contribution is -2.02. The van der Waals surface area contributed by atoms with Crippen LogP contribution in [0.1, 0.15) is 10.4 Å². The van der Waals surface area contributed by atoms with Gasteiger partial charge in [0.15, 0.2) is 0 Å². The number of benzene rings is 3. The topological polar surface area (TPSA) is 83.5 Å². The van der Waals surface area contributed by atoms with Crippen LogP contribution in [-0.2, 0) is 0 Å². The third kappa shape index (κ3) is 2.62. The summed E-state index contributed by atoms with van der Waals surface area (Å²) < 4.78 is 0. The van der Waals surface area contributed by atoms with Crippen LogP contribution in [0.25, 0.3) is 22.3 Å². The second kappa shape index (κ2) is 5.85. The average molecular weight is 305 g/mol. The Balaban J connectivity index is 2.34. The highest BCUT2D eigenvalue weighted by Gasteiger charge is 2.18. The highest BCUT2D eigenvalue weighted by molar-refractivity contribution is 6.02. The molecule has 0 radical (unpaired) electrons. The van der Waals surface area contributed by atoms with E-state index in [1.54, 1.807) is 54.6 Å². The van der Waals surface area contributed by atoms with Gasteiger partial charge in [-0.15, -0.1) is 0 Å². The number of carboxylic acids is 1. The Kier molecular flexibility index (Phi) is 3.73. The van der Waals surface area contributed by atoms with Gasteiger partial charge in [0.25, 0.3) is 0 Å². The minimum absolute atomic E-state index is 0.118. The van der Waals surface area contributed by atoms with Crippen molar-refractivity contribution >= 4 is 11.7 Å². The maximum atomic E-state index is 11.5. The molecule has 0 spiro atoms. The fourth-order valence-electron chi connectivity index (χ4n) is 2.68. The van der Waals surface area contributed by atoms with E-state index in [9.17, 15) is 15.0 Å². The molecule has 0 aliphatic carbocycles. The Labute approximate surface area is 133 Å². The van der Waals surface area contributed by atoms with Gasteiger partial charge in [-0.25, -0.2) is 4.79 Å². The third-order valence-electron chi connectivity index (χ3n) is 3.72. The second-order valence-corrected chi connectivity index (χ2v) is 5.14. The smallest absolute Gasteiger partial charge is 0.336 e. The summed E-state index contributed by atoms with van der Waals surface area (Å²) in [6, 6.07) is 18.9. The maximum Gasteiger partial charge on any atom is 0.336 e. The first-order valence-corrected chi connectivity index (χ1v) is 7.09. The molecule has 0 fully saturated rings. The molecule has 0 saturated heterocycles. The van der Waals surface area contributed by atoms with Gasteiger partial charge in [-0.1, -0.05) is 48.5 Å². The largest absolute Gasteiger partial charge is 0.507 e. The first-order valence-electron chi connectivity index (χ1n) is 7.09. The van der Waals surface area contributed by atoms with Gasteiger partial charge in [0.1, 0.15) is 5.75 Å². The number of para-hydroxylation sites is 1. The van der Waals surface area contributed by atoms with Crippen molar-refractivity contribution in [3.8, 4) is 28.0 Å². The average Bonchev–Trinajstić information content (AvgIpc) is 2.55. The van der Waals surface area contributed by atoms with Crippen LogP contribution in [0.3, 0.4) is 0 Å². The Morgan fingerprint density at radius 1 is 0.783 bits per heavy atom. The number of phenols is 1. The van der Waals surface area contributed by atoms with Crippen LogP contribution in [0.15, 0.2) is 66.7 Å². The molecule has 0 atom stereocenters. The summed E-state index contributed by atoms with van der Waals surface area (Å²) in [4.78, 5) is 11.5. The third-order valence-corrected chi connectivity index (χ3v) is 3.72. The molecule has 0 heterocycles. The van der Waals surface area contributed by atoms with E-state index in [0.717, 1.165) is 0 Å². The molecule has 3 rings (SSSR count). The van der Waals surface area contributed by atoms with E-state index in [4.69, 9.17) is 5.73 Å². The van der Waals surface area contributed by atoms with Crippen LogP contribution >= 0.6 is 0 Å². The van der Waals surface area contributed by atoms with Gasteiger partial charge in [-0.2, -0.15) is 0 Å². The normalized spacial score (nSPS) is 10.4. The first kappa shape index (κ1) is 14.7. The van der Waals surface area contributed by atoms with Gasteiger partial charge in [0, 0.05) is 16.8 Å². The van der Waals surface area contributed by atoms with Gasteiger partial charge in [0.05, 0.1) is 5.56 Å². The number of nitrogens with two attached hydrogens (primary N) is 1. The van der Waals surface area contributed by atoms with Crippen molar-refractivity contribution in [3.05, 3.63) is 72.3 Å². The number of hydrogen-bond acceptors (Lipinski definition) is 3. The van der Waals surface area contributed by atoms with Crippen molar-refractivity contribution in [2.45, 2.75) is 0 Å². The first-order chi connectivity index (χ1) is 11.1. The molecule has 0 unspecified atom stereocenters. The number of carbonyl (C=O) groups is 1. The maximum absolute atomic E-state index is 11.5. The highest BCUT2D eigenvalue weighted by atomic mass is 16.4. The highest BCUT2D eigenvalue weighted by Crippen LogP contribution is 2.41. The molecule has 3 aromatic rings. The minimum atomic E-state index is -1.02. The van der Waals surface area contributed by atoms with Crippen LogP contribution in [0.2, 0.25) is 0 Å². The van der Waals surface area contributed by atoms with Gasteiger partial charge in [0.2, 0.25) is 0 Å². The fraction of sp³-hybridized carbons (Fsp3) is 0. The number of aromatic carboxylic acids is 1. The lowest BCUT2D eigenvalue weighted by Gasteiger charge is -2.15. The van der Waals surface area contributed by atoms with E-state index >= 15 is 0 Å². The predicted octanol–water partition coefficient (Wildman–Crippen LogP) is 4.01. The summed E-state index contributed by atoms with van der Waals surface area (Å²) in [5.41, 5.74) is 9.19. The molecular weight excluding hydrogens is 290 g/mol. The number of nitrogen functional groups attached to an aromatic ring is 1. The Morgan fingerprint density at radius 3 is 2.09 bits per heavy atom. The molecule has 0 bridgehead atoms. The van der Waals surface area contributed by atoms with E-state index < -0.39 is 5.97 Å². The zero-order valence-electron chi connectivity index (χ0n) is 12.2. The van der Waals surface area contributed by atoms with Crippen LogP contribution in [-0.4, -0.2) is 16.2 Å². The SMILES string of the molecule is Nc1cccc(-c2ccccc2O)c1-c1ccccc1C(=O)O. The number of carboxylic acid groups (broad SMARTS) is 1. The van der Waals surface area contributed by atoms with Crippen molar-refractivity contribution in [2.24, 2.45) is 0 Å². The Morgan fingerprint density at radius 2 is 1.39 bits per heavy atom. The number of phenolic OH excluding ortho intramolecular Hbond substituents is 1. The molecule has 23 heavy (non-hydrogen) atoms. The van der Waals surface area contributed by atoms with Gasteiger partial charge in [-0.05, 0) is 29.3 Å². The molecule has 0 amide bonds. The molecule has 0 saturated carbocycles. The lowest BCUT2D eigenvalue weighted by molar-refractivity contribution is 0.0698. The van der Waals surface area contributed by atoms with Crippen molar-refractivity contribution in [1.82, 2.24) is 0 Å². The van der Waals surface area contributed by atoms with Crippen LogP contribution in [0.4, 0.5) is 5.69 Å². The summed E-state index contributed by atoms with van der Waals surface area (Å²) in [6.07, 6.45) is 0. The van der Waals surface area contributed by atoms with Crippen LogP contribution in [0, 0.1) is 0 Å². The molecular formula is C19H15NO3. The van der Waals surface area contributed by atoms with E-state index in [0.29, 0.717) is 27.9 Å². The molecule has 3 aromatic carbocycles. The van der Waals surface area contributed by atoms with E-state index in [-0.39, 0.29) is 11.3 Å². The molecule has 0 aliphatic heterocycles.